The molecule has 6 nitrogen and oxygen atoms in total. The smallest absolute Gasteiger partial charge is 0.107 e. The molecule has 0 spiro atoms. The Morgan fingerprint density at radius 3 is 2.36 bits per heavy atom. The summed E-state index contributed by atoms with van der Waals surface area (Å²) in [5.74, 6) is 0.255. The standard InChI is InChI=1S/C9H21NO2.C7H14O3/c1-2-3-4-6-11-8-9-12-7-5-10;1-5-2-3-10-6(4-8)7(5)9/h2-10H2,1H3;5-9H,2-4H2,1H3. The molecule has 0 radical (unpaired) electrons. The van der Waals surface area contributed by atoms with E-state index >= 15 is 0 Å². The summed E-state index contributed by atoms with van der Waals surface area (Å²) in [5, 5.41) is 18.0. The van der Waals surface area contributed by atoms with E-state index in [1.807, 2.05) is 6.92 Å². The molecule has 1 fully saturated rings. The number of unbranched alkanes of at least 4 members (excludes halogenated alkanes) is 2. The van der Waals surface area contributed by atoms with E-state index in [1.54, 1.807) is 0 Å². The average Bonchev–Trinajstić information content (AvgIpc) is 2.53. The molecule has 3 unspecified atom stereocenters. The van der Waals surface area contributed by atoms with Crippen LogP contribution >= 0.6 is 0 Å². The zero-order chi connectivity index (χ0) is 16.6. The van der Waals surface area contributed by atoms with E-state index in [2.05, 4.69) is 6.92 Å². The van der Waals surface area contributed by atoms with Crippen molar-refractivity contribution in [2.45, 2.75) is 51.7 Å². The van der Waals surface area contributed by atoms with Crippen LogP contribution in [0.5, 0.6) is 0 Å². The molecule has 1 heterocycles. The predicted octanol–water partition coefficient (Wildman–Crippen LogP) is 0.933. The number of rotatable bonds is 10. The Labute approximate surface area is 134 Å². The summed E-state index contributed by atoms with van der Waals surface area (Å²) >= 11 is 0. The molecule has 0 aliphatic carbocycles. The van der Waals surface area contributed by atoms with Crippen molar-refractivity contribution in [2.24, 2.45) is 11.7 Å². The molecule has 0 aromatic carbocycles. The number of aliphatic hydroxyl groups is 2. The molecule has 134 valence electrons. The van der Waals surface area contributed by atoms with Gasteiger partial charge in [0.2, 0.25) is 0 Å². The molecule has 0 bridgehead atoms. The number of nitrogens with two attached hydrogens (primary N) is 1. The van der Waals surface area contributed by atoms with Crippen LogP contribution in [-0.2, 0) is 14.2 Å². The van der Waals surface area contributed by atoms with E-state index < -0.39 is 6.10 Å². The van der Waals surface area contributed by atoms with Crippen molar-refractivity contribution in [3.8, 4) is 0 Å². The van der Waals surface area contributed by atoms with E-state index in [-0.39, 0.29) is 18.6 Å². The minimum absolute atomic E-state index is 0.0779. The number of ether oxygens (including phenoxy) is 3. The van der Waals surface area contributed by atoms with Crippen molar-refractivity contribution < 1.29 is 24.4 Å². The second-order valence-electron chi connectivity index (χ2n) is 5.57. The first-order valence-corrected chi connectivity index (χ1v) is 8.43. The van der Waals surface area contributed by atoms with Gasteiger partial charge in [0.15, 0.2) is 0 Å². The lowest BCUT2D eigenvalue weighted by molar-refractivity contribution is -0.118. The summed E-state index contributed by atoms with van der Waals surface area (Å²) in [6, 6.07) is 0. The first-order valence-electron chi connectivity index (χ1n) is 8.43. The summed E-state index contributed by atoms with van der Waals surface area (Å²) in [7, 11) is 0. The first kappa shape index (κ1) is 21.8. The largest absolute Gasteiger partial charge is 0.394 e. The second kappa shape index (κ2) is 15.6. The van der Waals surface area contributed by atoms with Crippen molar-refractivity contribution in [1.29, 1.82) is 0 Å². The van der Waals surface area contributed by atoms with E-state index in [1.165, 1.54) is 12.8 Å². The predicted molar refractivity (Wildman–Crippen MR) is 86.8 cm³/mol. The summed E-state index contributed by atoms with van der Waals surface area (Å²) < 4.78 is 15.6. The summed E-state index contributed by atoms with van der Waals surface area (Å²) in [6.07, 6.45) is 3.70. The normalized spacial score (nSPS) is 24.7. The number of hydrogen-bond acceptors (Lipinski definition) is 6. The van der Waals surface area contributed by atoms with E-state index in [4.69, 9.17) is 25.1 Å². The van der Waals surface area contributed by atoms with Gasteiger partial charge in [-0.2, -0.15) is 0 Å². The quantitative estimate of drug-likeness (QED) is 0.518. The van der Waals surface area contributed by atoms with Crippen LogP contribution in [0.2, 0.25) is 0 Å². The van der Waals surface area contributed by atoms with Gasteiger partial charge in [0.05, 0.1) is 32.5 Å². The van der Waals surface area contributed by atoms with Crippen molar-refractivity contribution in [2.75, 3.05) is 46.2 Å². The minimum atomic E-state index is -0.487. The fraction of sp³-hybridized carbons (Fsp3) is 1.00. The highest BCUT2D eigenvalue weighted by Crippen LogP contribution is 2.19. The molecular formula is C16H35NO5. The Balaban J connectivity index is 0.000000406. The van der Waals surface area contributed by atoms with Gasteiger partial charge in [0, 0.05) is 19.8 Å². The van der Waals surface area contributed by atoms with Crippen LogP contribution in [0.1, 0.15) is 39.5 Å². The Hall–Kier alpha value is -0.240. The minimum Gasteiger partial charge on any atom is -0.394 e. The third-order valence-electron chi connectivity index (χ3n) is 3.58. The molecule has 0 aromatic rings. The van der Waals surface area contributed by atoms with Crippen LogP contribution in [0.4, 0.5) is 0 Å². The molecule has 1 aliphatic heterocycles. The summed E-state index contributed by atoms with van der Waals surface area (Å²) in [5.41, 5.74) is 5.24. The van der Waals surface area contributed by atoms with Crippen LogP contribution in [0.25, 0.3) is 0 Å². The van der Waals surface area contributed by atoms with E-state index in [9.17, 15) is 5.11 Å². The van der Waals surface area contributed by atoms with Crippen molar-refractivity contribution in [3.63, 3.8) is 0 Å². The monoisotopic (exact) mass is 321 g/mol. The lowest BCUT2D eigenvalue weighted by Gasteiger charge is -2.31. The van der Waals surface area contributed by atoms with Gasteiger partial charge in [0.1, 0.15) is 6.10 Å². The molecular weight excluding hydrogens is 286 g/mol. The molecule has 1 saturated heterocycles. The fourth-order valence-corrected chi connectivity index (χ4v) is 2.06. The summed E-state index contributed by atoms with van der Waals surface area (Å²) in [6.45, 7) is 8.19. The first-order chi connectivity index (χ1) is 10.7. The van der Waals surface area contributed by atoms with Crippen LogP contribution in [-0.4, -0.2) is 68.6 Å². The molecule has 1 aliphatic rings. The molecule has 0 amide bonds. The van der Waals surface area contributed by atoms with Crippen molar-refractivity contribution >= 4 is 0 Å². The van der Waals surface area contributed by atoms with Gasteiger partial charge in [0.25, 0.3) is 0 Å². The lowest BCUT2D eigenvalue weighted by atomic mass is 9.95. The van der Waals surface area contributed by atoms with Crippen molar-refractivity contribution in [1.82, 2.24) is 0 Å². The van der Waals surface area contributed by atoms with Crippen LogP contribution in [0.3, 0.4) is 0 Å². The Morgan fingerprint density at radius 2 is 1.82 bits per heavy atom. The number of aliphatic hydroxyl groups excluding tert-OH is 2. The molecule has 22 heavy (non-hydrogen) atoms. The van der Waals surface area contributed by atoms with Gasteiger partial charge in [-0.1, -0.05) is 26.7 Å². The van der Waals surface area contributed by atoms with Gasteiger partial charge in [-0.05, 0) is 18.8 Å². The maximum absolute atomic E-state index is 9.35. The second-order valence-corrected chi connectivity index (χ2v) is 5.57. The van der Waals surface area contributed by atoms with Gasteiger partial charge in [-0.15, -0.1) is 0 Å². The maximum atomic E-state index is 9.35. The van der Waals surface area contributed by atoms with Crippen molar-refractivity contribution in [3.05, 3.63) is 0 Å². The third-order valence-corrected chi connectivity index (χ3v) is 3.58. The zero-order valence-electron chi connectivity index (χ0n) is 14.2. The fourth-order valence-electron chi connectivity index (χ4n) is 2.06. The van der Waals surface area contributed by atoms with Crippen LogP contribution < -0.4 is 5.73 Å². The van der Waals surface area contributed by atoms with Gasteiger partial charge in [-0.3, -0.25) is 0 Å². The van der Waals surface area contributed by atoms with Crippen LogP contribution in [0.15, 0.2) is 0 Å². The van der Waals surface area contributed by atoms with E-state index in [0.717, 1.165) is 19.4 Å². The Morgan fingerprint density at radius 1 is 1.14 bits per heavy atom. The highest BCUT2D eigenvalue weighted by atomic mass is 16.5. The topological polar surface area (TPSA) is 94.2 Å². The Kier molecular flexibility index (Phi) is 15.5. The molecule has 0 aromatic heterocycles. The highest BCUT2D eigenvalue weighted by molar-refractivity contribution is 4.77. The van der Waals surface area contributed by atoms with Gasteiger partial charge < -0.3 is 30.2 Å². The molecule has 4 N–H and O–H groups in total. The SMILES string of the molecule is CC1CCOC(CO)C1O.CCCCCOCCOCCN. The molecule has 0 saturated carbocycles. The lowest BCUT2D eigenvalue weighted by Crippen LogP contribution is -2.41. The zero-order valence-corrected chi connectivity index (χ0v) is 14.2. The van der Waals surface area contributed by atoms with Gasteiger partial charge in [-0.25, -0.2) is 0 Å². The summed E-state index contributed by atoms with van der Waals surface area (Å²) in [4.78, 5) is 0. The molecule has 6 heteroatoms. The Bertz CT molecular complexity index is 221. The average molecular weight is 321 g/mol. The maximum Gasteiger partial charge on any atom is 0.107 e. The van der Waals surface area contributed by atoms with Crippen LogP contribution in [0, 0.1) is 5.92 Å². The van der Waals surface area contributed by atoms with E-state index in [0.29, 0.717) is 33.0 Å². The molecule has 3 atom stereocenters. The highest BCUT2D eigenvalue weighted by Gasteiger charge is 2.28. The van der Waals surface area contributed by atoms with Gasteiger partial charge >= 0.3 is 0 Å². The molecule has 1 rings (SSSR count). The number of hydrogen-bond donors (Lipinski definition) is 3. The third kappa shape index (κ3) is 11.3.